The number of ether oxygens (including phenoxy) is 4. The summed E-state index contributed by atoms with van der Waals surface area (Å²) in [4.78, 5) is 10.9. The van der Waals surface area contributed by atoms with Gasteiger partial charge in [-0.05, 0) is 18.1 Å². The number of carbonyl (C=O) groups excluding carboxylic acids is 1. The Bertz CT molecular complexity index is 786. The molecule has 5 nitrogen and oxygen atoms in total. The molecule has 1 heterocycles. The molecule has 0 saturated carbocycles. The van der Waals surface area contributed by atoms with E-state index >= 15 is 0 Å². The fourth-order valence-electron chi connectivity index (χ4n) is 3.06. The lowest BCUT2D eigenvalue weighted by atomic mass is 9.95. The molecule has 0 bridgehead atoms. The standard InChI is InChI=1S/C25H34O5Si/c1-27-20-28-18-21(10-9-17-31(2,3)4)14-15-24-23(13-8-16-26)19-29-25(30-24)22-11-6-5-7-12-22/h5-7,10-12,14-16,23-25H,8,13,18-20H2,1-4H3/b15-14+,21-10-/t23-,24+,25-/m1/s1. The second kappa shape index (κ2) is 13.4. The lowest BCUT2D eigenvalue weighted by Crippen LogP contribution is -2.35. The predicted molar refractivity (Wildman–Crippen MR) is 125 cm³/mol. The van der Waals surface area contributed by atoms with Crippen molar-refractivity contribution >= 4 is 14.4 Å². The zero-order valence-corrected chi connectivity index (χ0v) is 20.0. The highest BCUT2D eigenvalue weighted by molar-refractivity contribution is 6.83. The normalized spacial score (nSPS) is 22.2. The van der Waals surface area contributed by atoms with Gasteiger partial charge in [-0.3, -0.25) is 0 Å². The molecule has 0 spiro atoms. The molecule has 1 aliphatic rings. The van der Waals surface area contributed by atoms with E-state index in [-0.39, 0.29) is 18.8 Å². The Labute approximate surface area is 187 Å². The molecule has 1 aromatic carbocycles. The third-order valence-electron chi connectivity index (χ3n) is 4.61. The Morgan fingerprint density at radius 3 is 2.71 bits per heavy atom. The van der Waals surface area contributed by atoms with Crippen molar-refractivity contribution in [3.63, 3.8) is 0 Å². The van der Waals surface area contributed by atoms with Crippen molar-refractivity contribution < 1.29 is 23.7 Å². The number of hydrogen-bond donors (Lipinski definition) is 0. The van der Waals surface area contributed by atoms with Crippen LogP contribution in [-0.4, -0.2) is 47.6 Å². The summed E-state index contributed by atoms with van der Waals surface area (Å²) in [7, 11) is 0.139. The first-order valence-electron chi connectivity index (χ1n) is 10.6. The van der Waals surface area contributed by atoms with Crippen molar-refractivity contribution in [3.8, 4) is 11.5 Å². The Morgan fingerprint density at radius 1 is 1.26 bits per heavy atom. The van der Waals surface area contributed by atoms with E-state index in [0.29, 0.717) is 26.1 Å². The molecule has 1 fully saturated rings. The summed E-state index contributed by atoms with van der Waals surface area (Å²) >= 11 is 0. The van der Waals surface area contributed by atoms with Gasteiger partial charge in [-0.1, -0.05) is 68.0 Å². The molecule has 0 amide bonds. The van der Waals surface area contributed by atoms with Crippen molar-refractivity contribution in [3.05, 3.63) is 59.7 Å². The zero-order valence-electron chi connectivity index (χ0n) is 19.0. The van der Waals surface area contributed by atoms with Gasteiger partial charge in [-0.2, -0.15) is 0 Å². The summed E-state index contributed by atoms with van der Waals surface area (Å²) in [6.07, 6.45) is 7.49. The highest BCUT2D eigenvalue weighted by Gasteiger charge is 2.30. The molecular formula is C25H34O5Si. The quantitative estimate of drug-likeness (QED) is 0.132. The minimum absolute atomic E-state index is 0.107. The Hall–Kier alpha value is -2.01. The van der Waals surface area contributed by atoms with E-state index in [1.54, 1.807) is 7.11 Å². The minimum Gasteiger partial charge on any atom is -0.359 e. The molecule has 1 aromatic rings. The van der Waals surface area contributed by atoms with Crippen LogP contribution in [0, 0.1) is 17.4 Å². The molecule has 1 saturated heterocycles. The van der Waals surface area contributed by atoms with Crippen LogP contribution in [0.1, 0.15) is 24.7 Å². The molecule has 0 unspecified atom stereocenters. The van der Waals surface area contributed by atoms with Crippen molar-refractivity contribution in [2.45, 2.75) is 44.9 Å². The van der Waals surface area contributed by atoms with Gasteiger partial charge >= 0.3 is 0 Å². The van der Waals surface area contributed by atoms with Crippen LogP contribution >= 0.6 is 0 Å². The van der Waals surface area contributed by atoms with E-state index in [4.69, 9.17) is 18.9 Å². The van der Waals surface area contributed by atoms with Gasteiger partial charge in [0.1, 0.15) is 21.2 Å². The van der Waals surface area contributed by atoms with Gasteiger partial charge in [0.15, 0.2) is 6.29 Å². The highest BCUT2D eigenvalue weighted by Crippen LogP contribution is 2.32. The second-order valence-corrected chi connectivity index (χ2v) is 13.3. The first-order chi connectivity index (χ1) is 14.9. The molecular weight excluding hydrogens is 408 g/mol. The van der Waals surface area contributed by atoms with Gasteiger partial charge in [0, 0.05) is 25.0 Å². The third kappa shape index (κ3) is 9.77. The molecule has 2 rings (SSSR count). The number of allylic oxidation sites excluding steroid dienone is 1. The first-order valence-corrected chi connectivity index (χ1v) is 14.1. The summed E-state index contributed by atoms with van der Waals surface area (Å²) in [6, 6.07) is 9.89. The maximum Gasteiger partial charge on any atom is 0.184 e. The maximum absolute atomic E-state index is 10.9. The largest absolute Gasteiger partial charge is 0.359 e. The van der Waals surface area contributed by atoms with Gasteiger partial charge < -0.3 is 23.7 Å². The molecule has 0 aromatic heterocycles. The topological polar surface area (TPSA) is 54.0 Å². The number of carbonyl (C=O) groups is 1. The van der Waals surface area contributed by atoms with E-state index in [0.717, 1.165) is 17.4 Å². The van der Waals surface area contributed by atoms with Crippen LogP contribution in [0.5, 0.6) is 0 Å². The van der Waals surface area contributed by atoms with Gasteiger partial charge in [0.05, 0.1) is 19.3 Å². The summed E-state index contributed by atoms with van der Waals surface area (Å²) in [5.41, 5.74) is 5.28. The van der Waals surface area contributed by atoms with Crippen LogP contribution < -0.4 is 0 Å². The van der Waals surface area contributed by atoms with Gasteiger partial charge in [0.2, 0.25) is 0 Å². The van der Waals surface area contributed by atoms with Crippen LogP contribution in [0.3, 0.4) is 0 Å². The van der Waals surface area contributed by atoms with Crippen molar-refractivity contribution in [1.82, 2.24) is 0 Å². The van der Waals surface area contributed by atoms with Crippen LogP contribution in [0.15, 0.2) is 54.1 Å². The molecule has 6 heteroatoms. The summed E-state index contributed by atoms with van der Waals surface area (Å²) in [6.45, 7) is 7.79. The summed E-state index contributed by atoms with van der Waals surface area (Å²) in [5.74, 6) is 3.29. The highest BCUT2D eigenvalue weighted by atomic mass is 28.3. The van der Waals surface area contributed by atoms with Gasteiger partial charge in [-0.15, -0.1) is 5.54 Å². The number of methoxy groups -OCH3 is 1. The van der Waals surface area contributed by atoms with Gasteiger partial charge in [-0.25, -0.2) is 0 Å². The van der Waals surface area contributed by atoms with E-state index < -0.39 is 14.4 Å². The Kier molecular flexibility index (Phi) is 10.9. The fourth-order valence-corrected chi connectivity index (χ4v) is 3.57. The van der Waals surface area contributed by atoms with Crippen LogP contribution in [0.4, 0.5) is 0 Å². The number of rotatable bonds is 10. The molecule has 0 N–H and O–H groups in total. The number of aldehydes is 1. The van der Waals surface area contributed by atoms with E-state index in [2.05, 4.69) is 31.1 Å². The molecule has 0 aliphatic carbocycles. The van der Waals surface area contributed by atoms with E-state index in [1.165, 1.54) is 0 Å². The molecule has 168 valence electrons. The number of hydrogen-bond acceptors (Lipinski definition) is 5. The fraction of sp³-hybridized carbons (Fsp3) is 0.480. The van der Waals surface area contributed by atoms with E-state index in [9.17, 15) is 4.79 Å². The van der Waals surface area contributed by atoms with Crippen molar-refractivity contribution in [2.75, 3.05) is 27.1 Å². The lowest BCUT2D eigenvalue weighted by molar-refractivity contribution is -0.229. The summed E-state index contributed by atoms with van der Waals surface area (Å²) < 4.78 is 22.7. The van der Waals surface area contributed by atoms with Crippen molar-refractivity contribution in [2.24, 2.45) is 5.92 Å². The van der Waals surface area contributed by atoms with Gasteiger partial charge in [0.25, 0.3) is 0 Å². The molecule has 31 heavy (non-hydrogen) atoms. The Morgan fingerprint density at radius 2 is 2.03 bits per heavy atom. The maximum atomic E-state index is 10.9. The third-order valence-corrected chi connectivity index (χ3v) is 5.50. The van der Waals surface area contributed by atoms with E-state index in [1.807, 2.05) is 48.6 Å². The molecule has 1 aliphatic heterocycles. The molecule has 3 atom stereocenters. The van der Waals surface area contributed by atoms with Crippen LogP contribution in [-0.2, 0) is 23.7 Å². The average Bonchev–Trinajstić information content (AvgIpc) is 2.76. The minimum atomic E-state index is -1.46. The zero-order chi connectivity index (χ0) is 22.5. The monoisotopic (exact) mass is 442 g/mol. The molecule has 0 radical (unpaired) electrons. The predicted octanol–water partition coefficient (Wildman–Crippen LogP) is 4.68. The van der Waals surface area contributed by atoms with Crippen LogP contribution in [0.2, 0.25) is 19.6 Å². The summed E-state index contributed by atoms with van der Waals surface area (Å²) in [5, 5.41) is 0. The lowest BCUT2D eigenvalue weighted by Gasteiger charge is -2.35. The Balaban J connectivity index is 2.18. The average molecular weight is 443 g/mol. The second-order valence-electron chi connectivity index (χ2n) is 8.53. The first kappa shape index (κ1) is 25.2. The van der Waals surface area contributed by atoms with Crippen molar-refractivity contribution in [1.29, 1.82) is 0 Å². The van der Waals surface area contributed by atoms with Crippen LogP contribution in [0.25, 0.3) is 0 Å². The SMILES string of the molecule is COCOCC(=C\C#C[Si](C)(C)C)/C=C/[C@@H]1O[C@H](c2ccccc2)OC[C@H]1CCC=O. The number of benzene rings is 1. The smallest absolute Gasteiger partial charge is 0.184 e.